The van der Waals surface area contributed by atoms with E-state index in [1.165, 1.54) is 25.0 Å². The Morgan fingerprint density at radius 3 is 2.90 bits per heavy atom. The van der Waals surface area contributed by atoms with Gasteiger partial charge in [0.25, 0.3) is 0 Å². The topological polar surface area (TPSA) is 49.8 Å². The second-order valence-corrected chi connectivity index (χ2v) is 6.85. The van der Waals surface area contributed by atoms with Gasteiger partial charge in [-0.1, -0.05) is 25.5 Å². The SMILES string of the molecule is CCSC1CCCC1Nc1nc(NC)nc2ccccc12. The molecule has 1 aliphatic rings. The summed E-state index contributed by atoms with van der Waals surface area (Å²) < 4.78 is 0. The molecule has 0 bridgehead atoms. The molecule has 2 aromatic rings. The third kappa shape index (κ3) is 3.07. The van der Waals surface area contributed by atoms with Crippen LogP contribution < -0.4 is 10.6 Å². The maximum atomic E-state index is 4.63. The lowest BCUT2D eigenvalue weighted by molar-refractivity contribution is 0.764. The fourth-order valence-electron chi connectivity index (χ4n) is 2.98. The molecule has 21 heavy (non-hydrogen) atoms. The minimum Gasteiger partial charge on any atom is -0.366 e. The Morgan fingerprint density at radius 1 is 1.24 bits per heavy atom. The Morgan fingerprint density at radius 2 is 2.10 bits per heavy atom. The quantitative estimate of drug-likeness (QED) is 0.881. The van der Waals surface area contributed by atoms with E-state index in [2.05, 4.69) is 45.4 Å². The van der Waals surface area contributed by atoms with Crippen molar-refractivity contribution < 1.29 is 0 Å². The van der Waals surface area contributed by atoms with E-state index in [0.717, 1.165) is 16.7 Å². The molecule has 1 fully saturated rings. The molecule has 1 saturated carbocycles. The Hall–Kier alpha value is -1.49. The summed E-state index contributed by atoms with van der Waals surface area (Å²) in [5, 5.41) is 8.53. The van der Waals surface area contributed by atoms with Crippen LogP contribution in [0, 0.1) is 0 Å². The molecule has 1 aromatic heterocycles. The van der Waals surface area contributed by atoms with E-state index in [1.54, 1.807) is 0 Å². The number of para-hydroxylation sites is 1. The van der Waals surface area contributed by atoms with Gasteiger partial charge in [-0.15, -0.1) is 0 Å². The van der Waals surface area contributed by atoms with Gasteiger partial charge in [0.05, 0.1) is 5.52 Å². The molecule has 3 rings (SSSR count). The Bertz CT molecular complexity index is 616. The van der Waals surface area contributed by atoms with Gasteiger partial charge in [0.15, 0.2) is 0 Å². The zero-order valence-corrected chi connectivity index (χ0v) is 13.4. The predicted octanol–water partition coefficient (Wildman–Crippen LogP) is 3.76. The van der Waals surface area contributed by atoms with Crippen LogP contribution in [0.1, 0.15) is 26.2 Å². The van der Waals surface area contributed by atoms with Gasteiger partial charge in [-0.25, -0.2) is 4.98 Å². The van der Waals surface area contributed by atoms with Gasteiger partial charge >= 0.3 is 0 Å². The van der Waals surface area contributed by atoms with Crippen LogP contribution in [0.4, 0.5) is 11.8 Å². The minimum atomic E-state index is 0.512. The van der Waals surface area contributed by atoms with Gasteiger partial charge in [-0.2, -0.15) is 16.7 Å². The molecule has 112 valence electrons. The van der Waals surface area contributed by atoms with Crippen molar-refractivity contribution in [2.75, 3.05) is 23.4 Å². The second-order valence-electron chi connectivity index (χ2n) is 5.34. The molecule has 1 heterocycles. The molecule has 0 saturated heterocycles. The van der Waals surface area contributed by atoms with Crippen molar-refractivity contribution in [1.29, 1.82) is 0 Å². The van der Waals surface area contributed by atoms with Gasteiger partial charge in [0.2, 0.25) is 5.95 Å². The highest BCUT2D eigenvalue weighted by atomic mass is 32.2. The molecule has 0 amide bonds. The number of nitrogens with one attached hydrogen (secondary N) is 2. The van der Waals surface area contributed by atoms with E-state index in [4.69, 9.17) is 0 Å². The number of hydrogen-bond acceptors (Lipinski definition) is 5. The highest BCUT2D eigenvalue weighted by Gasteiger charge is 2.27. The average molecular weight is 302 g/mol. The monoisotopic (exact) mass is 302 g/mol. The van der Waals surface area contributed by atoms with E-state index < -0.39 is 0 Å². The molecular weight excluding hydrogens is 280 g/mol. The van der Waals surface area contributed by atoms with E-state index in [-0.39, 0.29) is 0 Å². The summed E-state index contributed by atoms with van der Waals surface area (Å²) in [4.78, 5) is 9.15. The van der Waals surface area contributed by atoms with Crippen LogP contribution in [0.5, 0.6) is 0 Å². The van der Waals surface area contributed by atoms with Gasteiger partial charge in [0.1, 0.15) is 5.82 Å². The average Bonchev–Trinajstić information content (AvgIpc) is 2.94. The number of anilines is 2. The lowest BCUT2D eigenvalue weighted by atomic mass is 10.2. The summed E-state index contributed by atoms with van der Waals surface area (Å²) in [5.41, 5.74) is 0.983. The second kappa shape index (κ2) is 6.52. The summed E-state index contributed by atoms with van der Waals surface area (Å²) in [6.07, 6.45) is 3.83. The predicted molar refractivity (Wildman–Crippen MR) is 92.3 cm³/mol. The number of hydrogen-bond donors (Lipinski definition) is 2. The van der Waals surface area contributed by atoms with Gasteiger partial charge < -0.3 is 10.6 Å². The normalized spacial score (nSPS) is 21.6. The van der Waals surface area contributed by atoms with Crippen LogP contribution in [0.3, 0.4) is 0 Å². The van der Waals surface area contributed by atoms with Gasteiger partial charge in [0, 0.05) is 23.7 Å². The standard InChI is InChI=1S/C16H22N4S/c1-3-21-14-10-6-9-13(14)18-15-11-7-4-5-8-12(11)19-16(17-2)20-15/h4-5,7-8,13-14H,3,6,9-10H2,1-2H3,(H2,17,18,19,20). The van der Waals surface area contributed by atoms with E-state index in [1.807, 2.05) is 25.2 Å². The summed E-state index contributed by atoms with van der Waals surface area (Å²) in [7, 11) is 1.86. The number of rotatable bonds is 5. The van der Waals surface area contributed by atoms with E-state index in [9.17, 15) is 0 Å². The van der Waals surface area contributed by atoms with E-state index >= 15 is 0 Å². The van der Waals surface area contributed by atoms with Crippen molar-refractivity contribution in [2.24, 2.45) is 0 Å². The zero-order chi connectivity index (χ0) is 14.7. The maximum Gasteiger partial charge on any atom is 0.224 e. The van der Waals surface area contributed by atoms with Gasteiger partial charge in [-0.3, -0.25) is 0 Å². The fraction of sp³-hybridized carbons (Fsp3) is 0.500. The number of thioether (sulfide) groups is 1. The first-order valence-electron chi connectivity index (χ1n) is 7.64. The molecule has 2 N–H and O–H groups in total. The molecule has 1 aromatic carbocycles. The summed E-state index contributed by atoms with van der Waals surface area (Å²) in [6, 6.07) is 8.70. The zero-order valence-electron chi connectivity index (χ0n) is 12.6. The first-order valence-corrected chi connectivity index (χ1v) is 8.69. The molecule has 0 aliphatic heterocycles. The molecule has 2 atom stereocenters. The Labute approximate surface area is 130 Å². The van der Waals surface area contributed by atoms with Crippen molar-refractivity contribution in [1.82, 2.24) is 9.97 Å². The number of benzene rings is 1. The maximum absolute atomic E-state index is 4.63. The summed E-state index contributed by atoms with van der Waals surface area (Å²) >= 11 is 2.06. The number of nitrogens with zero attached hydrogens (tertiary/aromatic N) is 2. The fourth-order valence-corrected chi connectivity index (χ4v) is 4.18. The van der Waals surface area contributed by atoms with Crippen molar-refractivity contribution in [2.45, 2.75) is 37.5 Å². The molecule has 0 radical (unpaired) electrons. The summed E-state index contributed by atoms with van der Waals surface area (Å²) in [5.74, 6) is 2.81. The lowest BCUT2D eigenvalue weighted by Crippen LogP contribution is -2.27. The summed E-state index contributed by atoms with van der Waals surface area (Å²) in [6.45, 7) is 2.24. The smallest absolute Gasteiger partial charge is 0.224 e. The lowest BCUT2D eigenvalue weighted by Gasteiger charge is -2.21. The van der Waals surface area contributed by atoms with Crippen LogP contribution in [-0.4, -0.2) is 34.1 Å². The first kappa shape index (κ1) is 14.4. The highest BCUT2D eigenvalue weighted by molar-refractivity contribution is 7.99. The van der Waals surface area contributed by atoms with Crippen LogP contribution in [0.15, 0.2) is 24.3 Å². The molecule has 1 aliphatic carbocycles. The molecule has 2 unspecified atom stereocenters. The van der Waals surface area contributed by atoms with E-state index in [0.29, 0.717) is 17.2 Å². The highest BCUT2D eigenvalue weighted by Crippen LogP contribution is 2.33. The number of fused-ring (bicyclic) bond motifs is 1. The Kier molecular flexibility index (Phi) is 4.48. The molecule has 4 nitrogen and oxygen atoms in total. The molecule has 5 heteroatoms. The van der Waals surface area contributed by atoms with Crippen molar-refractivity contribution >= 4 is 34.4 Å². The minimum absolute atomic E-state index is 0.512. The van der Waals surface area contributed by atoms with Crippen LogP contribution in [-0.2, 0) is 0 Å². The van der Waals surface area contributed by atoms with Crippen LogP contribution in [0.2, 0.25) is 0 Å². The van der Waals surface area contributed by atoms with Crippen molar-refractivity contribution in [3.05, 3.63) is 24.3 Å². The third-order valence-corrected chi connectivity index (χ3v) is 5.31. The number of aromatic nitrogens is 2. The third-order valence-electron chi connectivity index (χ3n) is 3.98. The van der Waals surface area contributed by atoms with Crippen molar-refractivity contribution in [3.63, 3.8) is 0 Å². The van der Waals surface area contributed by atoms with Crippen LogP contribution >= 0.6 is 11.8 Å². The van der Waals surface area contributed by atoms with Crippen LogP contribution in [0.25, 0.3) is 10.9 Å². The van der Waals surface area contributed by atoms with Gasteiger partial charge in [-0.05, 0) is 30.7 Å². The Balaban J connectivity index is 1.92. The first-order chi connectivity index (χ1) is 10.3. The molecular formula is C16H22N4S. The van der Waals surface area contributed by atoms with Crippen molar-refractivity contribution in [3.8, 4) is 0 Å². The largest absolute Gasteiger partial charge is 0.366 e. The molecule has 0 spiro atoms.